The van der Waals surface area contributed by atoms with Crippen LogP contribution in [-0.2, 0) is 0 Å². The lowest BCUT2D eigenvalue weighted by molar-refractivity contribution is 0.414. The Morgan fingerprint density at radius 3 is 2.82 bits per heavy atom. The summed E-state index contributed by atoms with van der Waals surface area (Å²) in [6.07, 6.45) is 0. The molecule has 2 rings (SSSR count). The molecule has 1 aromatic carbocycles. The lowest BCUT2D eigenvalue weighted by atomic mass is 9.99. The number of aromatic nitrogens is 1. The van der Waals surface area contributed by atoms with Crippen LogP contribution in [0.2, 0.25) is 0 Å². The molecule has 0 spiro atoms. The number of aryl methyl sites for hydroxylation is 1. The Kier molecular flexibility index (Phi) is 3.73. The van der Waals surface area contributed by atoms with Crippen LogP contribution in [0.3, 0.4) is 0 Å². The third kappa shape index (κ3) is 2.46. The van der Waals surface area contributed by atoms with Crippen LogP contribution in [0.5, 0.6) is 5.75 Å². The van der Waals surface area contributed by atoms with Gasteiger partial charge in [0.2, 0.25) is 0 Å². The fourth-order valence-corrected chi connectivity index (χ4v) is 2.38. The van der Waals surface area contributed by atoms with Gasteiger partial charge < -0.3 is 4.74 Å². The number of hydrogen-bond donors (Lipinski definition) is 2. The highest BCUT2D eigenvalue weighted by Crippen LogP contribution is 2.26. The van der Waals surface area contributed by atoms with Crippen molar-refractivity contribution in [1.29, 1.82) is 0 Å². The van der Waals surface area contributed by atoms with Gasteiger partial charge in [0.05, 0.1) is 24.4 Å². The van der Waals surface area contributed by atoms with Gasteiger partial charge in [-0.2, -0.15) is 0 Å². The second-order valence-corrected chi connectivity index (χ2v) is 4.45. The minimum Gasteiger partial charge on any atom is -0.497 e. The van der Waals surface area contributed by atoms with Crippen molar-refractivity contribution in [3.8, 4) is 5.75 Å². The molecule has 1 aromatic heterocycles. The van der Waals surface area contributed by atoms with Crippen LogP contribution in [0.4, 0.5) is 0 Å². The number of hydrogen-bond acceptors (Lipinski definition) is 5. The SMILES string of the molecule is COc1ccc(C(NN)c2cscn2)c(C)c1. The number of rotatable bonds is 4. The lowest BCUT2D eigenvalue weighted by Gasteiger charge is -2.17. The number of methoxy groups -OCH3 is 1. The van der Waals surface area contributed by atoms with Crippen molar-refractivity contribution in [2.24, 2.45) is 5.84 Å². The van der Waals surface area contributed by atoms with Gasteiger partial charge in [-0.25, -0.2) is 10.4 Å². The maximum absolute atomic E-state index is 5.62. The first kappa shape index (κ1) is 12.0. The highest BCUT2D eigenvalue weighted by atomic mass is 32.1. The predicted molar refractivity (Wildman–Crippen MR) is 69.0 cm³/mol. The molecule has 0 radical (unpaired) electrons. The molecular weight excluding hydrogens is 234 g/mol. The number of ether oxygens (including phenoxy) is 1. The maximum Gasteiger partial charge on any atom is 0.119 e. The summed E-state index contributed by atoms with van der Waals surface area (Å²) in [5.41, 5.74) is 7.78. The minimum absolute atomic E-state index is 0.0767. The van der Waals surface area contributed by atoms with E-state index in [9.17, 15) is 0 Å². The highest BCUT2D eigenvalue weighted by molar-refractivity contribution is 7.07. The third-order valence-corrected chi connectivity index (χ3v) is 3.31. The molecule has 1 heterocycles. The van der Waals surface area contributed by atoms with Gasteiger partial charge in [0, 0.05) is 5.38 Å². The van der Waals surface area contributed by atoms with Crippen LogP contribution in [0.25, 0.3) is 0 Å². The molecule has 0 amide bonds. The Labute approximate surface area is 104 Å². The van der Waals surface area contributed by atoms with Crippen molar-refractivity contribution in [3.63, 3.8) is 0 Å². The third-order valence-electron chi connectivity index (χ3n) is 2.70. The molecule has 0 saturated carbocycles. The van der Waals surface area contributed by atoms with Crippen LogP contribution in [0.15, 0.2) is 29.1 Å². The molecule has 0 aliphatic carbocycles. The molecule has 0 fully saturated rings. The van der Waals surface area contributed by atoms with Gasteiger partial charge in [0.15, 0.2) is 0 Å². The maximum atomic E-state index is 5.62. The van der Waals surface area contributed by atoms with Gasteiger partial charge in [-0.1, -0.05) is 6.07 Å². The summed E-state index contributed by atoms with van der Waals surface area (Å²) in [5.74, 6) is 6.47. The summed E-state index contributed by atoms with van der Waals surface area (Å²) in [6, 6.07) is 5.86. The Hall–Kier alpha value is -1.43. The van der Waals surface area contributed by atoms with Crippen molar-refractivity contribution in [3.05, 3.63) is 45.9 Å². The van der Waals surface area contributed by atoms with Gasteiger partial charge >= 0.3 is 0 Å². The van der Waals surface area contributed by atoms with E-state index < -0.39 is 0 Å². The van der Waals surface area contributed by atoms with Gasteiger partial charge in [-0.3, -0.25) is 5.84 Å². The zero-order valence-corrected chi connectivity index (χ0v) is 10.6. The molecule has 0 saturated heterocycles. The molecular formula is C12H15N3OS. The van der Waals surface area contributed by atoms with Gasteiger partial charge in [0.1, 0.15) is 5.75 Å². The average Bonchev–Trinajstić information content (AvgIpc) is 2.85. The standard InChI is InChI=1S/C12H15N3OS/c1-8-5-9(16-2)3-4-10(8)12(15-13)11-6-17-7-14-11/h3-7,12,15H,13H2,1-2H3. The fourth-order valence-electron chi connectivity index (χ4n) is 1.80. The monoisotopic (exact) mass is 249 g/mol. The van der Waals surface area contributed by atoms with Crippen LogP contribution in [-0.4, -0.2) is 12.1 Å². The molecule has 1 atom stereocenters. The first-order valence-electron chi connectivity index (χ1n) is 5.25. The van der Waals surface area contributed by atoms with E-state index in [1.165, 1.54) is 0 Å². The van der Waals surface area contributed by atoms with Crippen LogP contribution >= 0.6 is 11.3 Å². The summed E-state index contributed by atoms with van der Waals surface area (Å²) >= 11 is 1.56. The van der Waals surface area contributed by atoms with Crippen LogP contribution < -0.4 is 16.0 Å². The number of hydrazine groups is 1. The van der Waals surface area contributed by atoms with E-state index in [0.29, 0.717) is 0 Å². The molecule has 0 aliphatic heterocycles. The molecule has 17 heavy (non-hydrogen) atoms. The lowest BCUT2D eigenvalue weighted by Crippen LogP contribution is -2.29. The molecule has 0 aliphatic rings. The summed E-state index contributed by atoms with van der Waals surface area (Å²) < 4.78 is 5.19. The van der Waals surface area contributed by atoms with Gasteiger partial charge in [-0.15, -0.1) is 11.3 Å². The number of nitrogens with two attached hydrogens (primary N) is 1. The van der Waals surface area contributed by atoms with Crippen molar-refractivity contribution in [2.75, 3.05) is 7.11 Å². The van der Waals surface area contributed by atoms with E-state index in [-0.39, 0.29) is 6.04 Å². The zero-order valence-electron chi connectivity index (χ0n) is 9.81. The van der Waals surface area contributed by atoms with E-state index in [1.807, 2.05) is 30.5 Å². The predicted octanol–water partition coefficient (Wildman–Crippen LogP) is 2.01. The highest BCUT2D eigenvalue weighted by Gasteiger charge is 2.16. The Bertz CT molecular complexity index is 485. The van der Waals surface area contributed by atoms with Crippen LogP contribution in [0, 0.1) is 6.92 Å². The topological polar surface area (TPSA) is 60.2 Å². The van der Waals surface area contributed by atoms with E-state index in [0.717, 1.165) is 22.6 Å². The van der Waals surface area contributed by atoms with Crippen molar-refractivity contribution < 1.29 is 4.74 Å². The molecule has 3 N–H and O–H groups in total. The average molecular weight is 249 g/mol. The van der Waals surface area contributed by atoms with E-state index in [1.54, 1.807) is 24.0 Å². The quantitative estimate of drug-likeness (QED) is 0.643. The number of thiazole rings is 1. The van der Waals surface area contributed by atoms with E-state index in [2.05, 4.69) is 10.4 Å². The first-order chi connectivity index (χ1) is 8.26. The van der Waals surface area contributed by atoms with E-state index in [4.69, 9.17) is 10.6 Å². The van der Waals surface area contributed by atoms with Crippen LogP contribution in [0.1, 0.15) is 22.9 Å². The molecule has 2 aromatic rings. The van der Waals surface area contributed by atoms with Crippen molar-refractivity contribution in [2.45, 2.75) is 13.0 Å². The Morgan fingerprint density at radius 1 is 1.47 bits per heavy atom. The smallest absolute Gasteiger partial charge is 0.119 e. The largest absolute Gasteiger partial charge is 0.497 e. The number of nitrogens with one attached hydrogen (secondary N) is 1. The van der Waals surface area contributed by atoms with Crippen molar-refractivity contribution in [1.82, 2.24) is 10.4 Å². The molecule has 5 heteroatoms. The summed E-state index contributed by atoms with van der Waals surface area (Å²) in [5, 5.41) is 1.99. The molecule has 90 valence electrons. The zero-order chi connectivity index (χ0) is 12.3. The van der Waals surface area contributed by atoms with Crippen molar-refractivity contribution >= 4 is 11.3 Å². The normalized spacial score (nSPS) is 12.4. The fraction of sp³-hybridized carbons (Fsp3) is 0.250. The molecule has 4 nitrogen and oxygen atoms in total. The summed E-state index contributed by atoms with van der Waals surface area (Å²) in [6.45, 7) is 2.04. The Morgan fingerprint density at radius 2 is 2.29 bits per heavy atom. The number of benzene rings is 1. The summed E-state index contributed by atoms with van der Waals surface area (Å²) in [7, 11) is 1.66. The number of nitrogens with zero attached hydrogens (tertiary/aromatic N) is 1. The minimum atomic E-state index is -0.0767. The molecule has 1 unspecified atom stereocenters. The summed E-state index contributed by atoms with van der Waals surface area (Å²) in [4.78, 5) is 4.29. The second-order valence-electron chi connectivity index (χ2n) is 3.74. The first-order valence-corrected chi connectivity index (χ1v) is 6.19. The van der Waals surface area contributed by atoms with E-state index >= 15 is 0 Å². The Balaban J connectivity index is 2.38. The van der Waals surface area contributed by atoms with Gasteiger partial charge in [-0.05, 0) is 30.2 Å². The molecule has 0 bridgehead atoms. The van der Waals surface area contributed by atoms with Gasteiger partial charge in [0.25, 0.3) is 0 Å². The second kappa shape index (κ2) is 5.27.